The molecule has 5 nitrogen and oxygen atoms in total. The molecule has 2 unspecified atom stereocenters. The maximum Gasteiger partial charge on any atom is 0.226 e. The Balaban J connectivity index is 0.00000242. The molecule has 4 N–H and O–H groups in total. The van der Waals surface area contributed by atoms with E-state index in [0.717, 1.165) is 24.8 Å². The lowest BCUT2D eigenvalue weighted by atomic mass is 10.1. The van der Waals surface area contributed by atoms with Gasteiger partial charge in [-0.05, 0) is 24.8 Å². The summed E-state index contributed by atoms with van der Waals surface area (Å²) in [7, 11) is 0. The first-order chi connectivity index (χ1) is 10.1. The molecule has 1 aromatic carbocycles. The third-order valence-electron chi connectivity index (χ3n) is 3.98. The summed E-state index contributed by atoms with van der Waals surface area (Å²) in [6.07, 6.45) is 2.66. The van der Waals surface area contributed by atoms with Crippen LogP contribution in [0.2, 0.25) is 0 Å². The molecule has 0 aromatic heterocycles. The first-order valence-electron chi connectivity index (χ1n) is 7.43. The van der Waals surface area contributed by atoms with Crippen LogP contribution in [0.3, 0.4) is 0 Å². The van der Waals surface area contributed by atoms with E-state index in [2.05, 4.69) is 0 Å². The second kappa shape index (κ2) is 8.76. The van der Waals surface area contributed by atoms with E-state index in [0.29, 0.717) is 13.1 Å². The van der Waals surface area contributed by atoms with Crippen molar-refractivity contribution in [2.24, 2.45) is 17.4 Å². The molecule has 1 saturated carbocycles. The molecule has 2 atom stereocenters. The minimum absolute atomic E-state index is 0. The van der Waals surface area contributed by atoms with Gasteiger partial charge in [0, 0.05) is 31.5 Å². The molecule has 22 heavy (non-hydrogen) atoms. The van der Waals surface area contributed by atoms with Crippen LogP contribution in [0.1, 0.15) is 31.2 Å². The van der Waals surface area contributed by atoms with Gasteiger partial charge in [-0.2, -0.15) is 0 Å². The number of nitrogens with two attached hydrogens (primary N) is 2. The molecule has 0 spiro atoms. The lowest BCUT2D eigenvalue weighted by Gasteiger charge is -2.25. The van der Waals surface area contributed by atoms with Gasteiger partial charge in [-0.15, -0.1) is 12.4 Å². The van der Waals surface area contributed by atoms with E-state index >= 15 is 0 Å². The predicted molar refractivity (Wildman–Crippen MR) is 88.2 cm³/mol. The molecule has 1 aliphatic carbocycles. The largest absolute Gasteiger partial charge is 0.370 e. The van der Waals surface area contributed by atoms with Gasteiger partial charge in [0.2, 0.25) is 11.8 Å². The molecular weight excluding hydrogens is 302 g/mol. The number of halogens is 1. The van der Waals surface area contributed by atoms with Crippen LogP contribution in [0, 0.1) is 5.92 Å². The van der Waals surface area contributed by atoms with Crippen LogP contribution < -0.4 is 11.5 Å². The van der Waals surface area contributed by atoms with E-state index in [1.807, 2.05) is 30.3 Å². The fourth-order valence-corrected chi connectivity index (χ4v) is 2.82. The molecule has 6 heteroatoms. The number of primary amides is 1. The van der Waals surface area contributed by atoms with E-state index < -0.39 is 0 Å². The monoisotopic (exact) mass is 325 g/mol. The van der Waals surface area contributed by atoms with E-state index in [-0.39, 0.29) is 42.6 Å². The Morgan fingerprint density at radius 3 is 2.41 bits per heavy atom. The van der Waals surface area contributed by atoms with Crippen molar-refractivity contribution >= 4 is 24.2 Å². The maximum atomic E-state index is 12.6. The van der Waals surface area contributed by atoms with Gasteiger partial charge in [-0.25, -0.2) is 0 Å². The molecule has 1 fully saturated rings. The number of amides is 2. The van der Waals surface area contributed by atoms with E-state index in [1.165, 1.54) is 0 Å². The molecular formula is C16H24ClN3O2. The Kier molecular flexibility index (Phi) is 7.35. The highest BCUT2D eigenvalue weighted by atomic mass is 35.5. The standard InChI is InChI=1S/C16H23N3O2.ClH/c17-14-7-6-13(10-14)16(21)19(9-8-15(18)20)11-12-4-2-1-3-5-12;/h1-5,13-14H,6-11,17H2,(H2,18,20);1H. The van der Waals surface area contributed by atoms with Crippen LogP contribution in [0.5, 0.6) is 0 Å². The minimum atomic E-state index is -0.385. The van der Waals surface area contributed by atoms with Crippen LogP contribution >= 0.6 is 12.4 Å². The molecule has 0 aliphatic heterocycles. The number of carbonyl (C=O) groups excluding carboxylic acids is 2. The van der Waals surface area contributed by atoms with Gasteiger partial charge in [0.25, 0.3) is 0 Å². The molecule has 0 saturated heterocycles. The first kappa shape index (κ1) is 18.5. The topological polar surface area (TPSA) is 89.4 Å². The number of rotatable bonds is 6. The molecule has 1 aromatic rings. The van der Waals surface area contributed by atoms with Crippen LogP contribution in [0.25, 0.3) is 0 Å². The van der Waals surface area contributed by atoms with Crippen molar-refractivity contribution in [3.8, 4) is 0 Å². The van der Waals surface area contributed by atoms with Gasteiger partial charge in [-0.1, -0.05) is 30.3 Å². The summed E-state index contributed by atoms with van der Waals surface area (Å²) in [6, 6.07) is 9.90. The summed E-state index contributed by atoms with van der Waals surface area (Å²) < 4.78 is 0. The fraction of sp³-hybridized carbons (Fsp3) is 0.500. The smallest absolute Gasteiger partial charge is 0.226 e. The average Bonchev–Trinajstić information content (AvgIpc) is 2.90. The van der Waals surface area contributed by atoms with Crippen molar-refractivity contribution in [1.29, 1.82) is 0 Å². The second-order valence-electron chi connectivity index (χ2n) is 5.73. The SMILES string of the molecule is Cl.NC(=O)CCN(Cc1ccccc1)C(=O)C1CCC(N)C1. The summed E-state index contributed by atoms with van der Waals surface area (Å²) in [5.41, 5.74) is 12.2. The van der Waals surface area contributed by atoms with Crippen molar-refractivity contribution < 1.29 is 9.59 Å². The Labute approximate surface area is 137 Å². The van der Waals surface area contributed by atoms with Crippen molar-refractivity contribution in [3.05, 3.63) is 35.9 Å². The van der Waals surface area contributed by atoms with Crippen LogP contribution in [-0.4, -0.2) is 29.3 Å². The third kappa shape index (κ3) is 5.31. The molecule has 2 rings (SSSR count). The summed E-state index contributed by atoms with van der Waals surface area (Å²) >= 11 is 0. The van der Waals surface area contributed by atoms with E-state index in [9.17, 15) is 9.59 Å². The van der Waals surface area contributed by atoms with Gasteiger partial charge in [0.15, 0.2) is 0 Å². The van der Waals surface area contributed by atoms with Crippen molar-refractivity contribution in [3.63, 3.8) is 0 Å². The molecule has 122 valence electrons. The van der Waals surface area contributed by atoms with Gasteiger partial charge in [-0.3, -0.25) is 9.59 Å². The summed E-state index contributed by atoms with van der Waals surface area (Å²) in [4.78, 5) is 25.4. The molecule has 0 radical (unpaired) electrons. The first-order valence-corrected chi connectivity index (χ1v) is 7.43. The van der Waals surface area contributed by atoms with Crippen molar-refractivity contribution in [2.45, 2.75) is 38.3 Å². The lowest BCUT2D eigenvalue weighted by Crippen LogP contribution is -2.37. The van der Waals surface area contributed by atoms with Crippen LogP contribution in [-0.2, 0) is 16.1 Å². The number of nitrogens with zero attached hydrogens (tertiary/aromatic N) is 1. The quantitative estimate of drug-likeness (QED) is 0.829. The van der Waals surface area contributed by atoms with Gasteiger partial charge < -0.3 is 16.4 Å². The number of hydrogen-bond acceptors (Lipinski definition) is 3. The van der Waals surface area contributed by atoms with E-state index in [4.69, 9.17) is 11.5 Å². The molecule has 1 aliphatic rings. The summed E-state index contributed by atoms with van der Waals surface area (Å²) in [5, 5.41) is 0. The highest BCUT2D eigenvalue weighted by molar-refractivity contribution is 5.85. The third-order valence-corrected chi connectivity index (χ3v) is 3.98. The second-order valence-corrected chi connectivity index (χ2v) is 5.73. The highest BCUT2D eigenvalue weighted by Gasteiger charge is 2.31. The van der Waals surface area contributed by atoms with Crippen LogP contribution in [0.15, 0.2) is 30.3 Å². The van der Waals surface area contributed by atoms with Gasteiger partial charge >= 0.3 is 0 Å². The number of hydrogen-bond donors (Lipinski definition) is 2. The highest BCUT2D eigenvalue weighted by Crippen LogP contribution is 2.26. The van der Waals surface area contributed by atoms with E-state index in [1.54, 1.807) is 4.90 Å². The molecule has 0 bridgehead atoms. The number of benzene rings is 1. The van der Waals surface area contributed by atoms with Crippen molar-refractivity contribution in [1.82, 2.24) is 4.90 Å². The van der Waals surface area contributed by atoms with Crippen molar-refractivity contribution in [2.75, 3.05) is 6.54 Å². The Hall–Kier alpha value is -1.59. The van der Waals surface area contributed by atoms with Gasteiger partial charge in [0.1, 0.15) is 0 Å². The van der Waals surface area contributed by atoms with Gasteiger partial charge in [0.05, 0.1) is 0 Å². The Morgan fingerprint density at radius 1 is 1.18 bits per heavy atom. The Bertz CT molecular complexity index is 495. The minimum Gasteiger partial charge on any atom is -0.370 e. The maximum absolute atomic E-state index is 12.6. The molecule has 2 amide bonds. The zero-order valence-electron chi connectivity index (χ0n) is 12.6. The van der Waals surface area contributed by atoms with Crippen LogP contribution in [0.4, 0.5) is 0 Å². The predicted octanol–water partition coefficient (Wildman–Crippen LogP) is 1.44. The summed E-state index contributed by atoms with van der Waals surface area (Å²) in [5.74, 6) is -0.311. The lowest BCUT2D eigenvalue weighted by molar-refractivity contribution is -0.136. The average molecular weight is 326 g/mol. The zero-order valence-corrected chi connectivity index (χ0v) is 13.4. The normalized spacial score (nSPS) is 20.2. The Morgan fingerprint density at radius 2 is 1.86 bits per heavy atom. The fourth-order valence-electron chi connectivity index (χ4n) is 2.82. The number of carbonyl (C=O) groups is 2. The zero-order chi connectivity index (χ0) is 15.2. The summed E-state index contributed by atoms with van der Waals surface area (Å²) in [6.45, 7) is 0.882. The molecule has 0 heterocycles.